The lowest BCUT2D eigenvalue weighted by Crippen LogP contribution is -2.22. The Kier molecular flexibility index (Phi) is 43.2. The molecule has 0 aromatic carbocycles. The summed E-state index contributed by atoms with van der Waals surface area (Å²) >= 11 is 0. The summed E-state index contributed by atoms with van der Waals surface area (Å²) in [7, 11) is 0. The smallest absolute Gasteiger partial charge is 0.103 e. The first kappa shape index (κ1) is 62.9. The maximum Gasteiger partial charge on any atom is 0.103 e. The van der Waals surface area contributed by atoms with Crippen molar-refractivity contribution in [3.63, 3.8) is 0 Å². The quantitative estimate of drug-likeness (QED) is 0.234. The first-order valence-electron chi connectivity index (χ1n) is 22.8. The minimum Gasteiger partial charge on any atom is -0.412 e. The molecule has 6 aliphatic rings. The van der Waals surface area contributed by atoms with E-state index in [-0.39, 0.29) is 28.6 Å². The van der Waals surface area contributed by atoms with Crippen molar-refractivity contribution >= 4 is 0 Å². The second kappa shape index (κ2) is 37.0. The molecule has 0 aromatic rings. The van der Waals surface area contributed by atoms with Crippen LogP contribution in [0.4, 0.5) is 9.09 Å². The summed E-state index contributed by atoms with van der Waals surface area (Å²) in [6.45, 7) is 27.8. The summed E-state index contributed by atoms with van der Waals surface area (Å²) in [4.78, 5) is 0. The van der Waals surface area contributed by atoms with E-state index in [1.807, 2.05) is 6.92 Å². The Morgan fingerprint density at radius 3 is 0.500 bits per heavy atom. The average Bonchev–Trinajstić information content (AvgIpc) is 3.08. The average molecular weight is 781 g/mol. The number of hydrogen-bond acceptors (Lipinski definition) is 0. The highest BCUT2D eigenvalue weighted by Crippen LogP contribution is 2.31. The molecule has 0 bridgehead atoms. The van der Waals surface area contributed by atoms with Crippen LogP contribution in [0.3, 0.4) is 0 Å². The van der Waals surface area contributed by atoms with Crippen molar-refractivity contribution in [1.29, 1.82) is 0 Å². The predicted molar refractivity (Wildman–Crippen MR) is 241 cm³/mol. The lowest BCUT2D eigenvalue weighted by atomic mass is 9.83. The molecule has 0 aliphatic heterocycles. The van der Waals surface area contributed by atoms with E-state index < -0.39 is 6.17 Å². The normalized spacial score (nSPS) is 36.9. The van der Waals surface area contributed by atoms with Gasteiger partial charge in [0.15, 0.2) is 0 Å². The van der Waals surface area contributed by atoms with E-state index in [1.165, 1.54) is 135 Å². The number of hydrogen-bond donors (Lipinski definition) is 0. The van der Waals surface area contributed by atoms with Crippen LogP contribution >= 0.6 is 0 Å². The zero-order chi connectivity index (χ0) is 36.8. The van der Waals surface area contributed by atoms with Crippen molar-refractivity contribution in [3.05, 3.63) is 0 Å². The fraction of sp³-hybridized carbons (Fsp3) is 1.00. The Morgan fingerprint density at radius 2 is 0.389 bits per heavy atom. The molecule has 0 spiro atoms. The standard InChI is InChI=1S/C8H15F.5C8H16.CH4.FH.3H2O/c1-6-3-4-7(2)8(9)5-6;5*1-7-3-5-8(2)6-4-7;;;;;/h6-8H,3-5H2,1-2H3;5*7-8H,3-6H2,1-2H3;1H4;1H;3*1H2. The van der Waals surface area contributed by atoms with E-state index in [0.29, 0.717) is 11.8 Å². The monoisotopic (exact) mass is 781 g/mol. The van der Waals surface area contributed by atoms with Gasteiger partial charge in [0, 0.05) is 0 Å². The van der Waals surface area contributed by atoms with Gasteiger partial charge in [-0.15, -0.1) is 0 Å². The Bertz CT molecular complexity index is 561. The lowest BCUT2D eigenvalue weighted by molar-refractivity contribution is 0.145. The molecule has 0 radical (unpaired) electrons. The third kappa shape index (κ3) is 33.8. The van der Waals surface area contributed by atoms with Gasteiger partial charge < -0.3 is 16.4 Å². The van der Waals surface area contributed by atoms with Crippen LogP contribution in [0.2, 0.25) is 0 Å². The van der Waals surface area contributed by atoms with E-state index in [9.17, 15) is 4.39 Å². The molecule has 3 unspecified atom stereocenters. The molecular weight excluding hydrogens is 675 g/mol. The number of rotatable bonds is 0. The lowest BCUT2D eigenvalue weighted by Gasteiger charge is -2.26. The molecule has 5 heteroatoms. The Hall–Kier alpha value is -0.260. The van der Waals surface area contributed by atoms with Crippen LogP contribution < -0.4 is 0 Å². The van der Waals surface area contributed by atoms with Gasteiger partial charge in [0.05, 0.1) is 0 Å². The molecule has 3 atom stereocenters. The van der Waals surface area contributed by atoms with Gasteiger partial charge in [0.25, 0.3) is 0 Å². The van der Waals surface area contributed by atoms with Gasteiger partial charge in [0.1, 0.15) is 6.17 Å². The SMILES string of the molecule is C.CC1CCC(C)C(F)C1.CC1CCC(C)CC1.CC1CCC(C)CC1.CC1CCC(C)CC1.CC1CCC(C)CC1.CC1CCC(C)CC1.F.O.O.O. The zero-order valence-corrected chi connectivity index (χ0v) is 38.1. The summed E-state index contributed by atoms with van der Waals surface area (Å²) in [6, 6.07) is 0. The summed E-state index contributed by atoms with van der Waals surface area (Å²) in [5, 5.41) is 0. The molecule has 6 N–H and O–H groups in total. The van der Waals surface area contributed by atoms with Crippen molar-refractivity contribution in [1.82, 2.24) is 0 Å². The highest BCUT2D eigenvalue weighted by atomic mass is 19.1. The van der Waals surface area contributed by atoms with Crippen LogP contribution in [0.25, 0.3) is 0 Å². The highest BCUT2D eigenvalue weighted by Gasteiger charge is 2.24. The molecule has 6 aliphatic carbocycles. The maximum atomic E-state index is 12.8. The minimum atomic E-state index is -0.520. The van der Waals surface area contributed by atoms with Crippen molar-refractivity contribution in [2.24, 2.45) is 71.0 Å². The third-order valence-electron chi connectivity index (χ3n) is 13.9. The van der Waals surface area contributed by atoms with E-state index in [1.54, 1.807) is 0 Å². The van der Waals surface area contributed by atoms with Crippen LogP contribution in [-0.2, 0) is 0 Å². The zero-order valence-electron chi connectivity index (χ0n) is 38.1. The van der Waals surface area contributed by atoms with Crippen molar-refractivity contribution < 1.29 is 25.5 Å². The molecule has 6 fully saturated rings. The summed E-state index contributed by atoms with van der Waals surface area (Å²) in [5.74, 6) is 11.1. The van der Waals surface area contributed by atoms with E-state index >= 15 is 0 Å². The van der Waals surface area contributed by atoms with Gasteiger partial charge >= 0.3 is 0 Å². The largest absolute Gasteiger partial charge is 0.412 e. The van der Waals surface area contributed by atoms with Crippen LogP contribution in [0.15, 0.2) is 0 Å². The van der Waals surface area contributed by atoms with Crippen molar-refractivity contribution in [3.8, 4) is 0 Å². The van der Waals surface area contributed by atoms with Crippen LogP contribution in [0.5, 0.6) is 0 Å². The molecule has 0 heterocycles. The first-order chi connectivity index (χ1) is 23.1. The number of halogens is 2. The maximum absolute atomic E-state index is 12.8. The van der Waals surface area contributed by atoms with Crippen LogP contribution in [0.1, 0.15) is 238 Å². The fourth-order valence-electron chi connectivity index (χ4n) is 8.60. The van der Waals surface area contributed by atoms with Crippen LogP contribution in [-0.4, -0.2) is 22.6 Å². The summed E-state index contributed by atoms with van der Waals surface area (Å²) in [5.41, 5.74) is 0. The fourth-order valence-corrected chi connectivity index (χ4v) is 8.60. The molecule has 3 nitrogen and oxygen atoms in total. The van der Waals surface area contributed by atoms with Gasteiger partial charge in [-0.05, 0) is 83.9 Å². The first-order valence-corrected chi connectivity index (χ1v) is 22.8. The molecule has 334 valence electrons. The highest BCUT2D eigenvalue weighted by molar-refractivity contribution is 4.75. The minimum absolute atomic E-state index is 0. The van der Waals surface area contributed by atoms with Gasteiger partial charge in [-0.3, -0.25) is 4.70 Å². The topological polar surface area (TPSA) is 94.5 Å². The third-order valence-corrected chi connectivity index (χ3v) is 13.9. The van der Waals surface area contributed by atoms with Gasteiger partial charge in [-0.2, -0.15) is 0 Å². The van der Waals surface area contributed by atoms with Gasteiger partial charge in [-0.1, -0.05) is 225 Å². The van der Waals surface area contributed by atoms with Gasteiger partial charge in [0.2, 0.25) is 0 Å². The van der Waals surface area contributed by atoms with E-state index in [4.69, 9.17) is 0 Å². The Labute approximate surface area is 340 Å². The molecular formula is C49H106F2O3. The number of alkyl halides is 1. The van der Waals surface area contributed by atoms with Crippen molar-refractivity contribution in [2.75, 3.05) is 0 Å². The molecule has 0 amide bonds. The summed E-state index contributed by atoms with van der Waals surface area (Å²) < 4.78 is 12.8. The van der Waals surface area contributed by atoms with E-state index in [2.05, 4.69) is 76.2 Å². The molecule has 6 rings (SSSR count). The molecule has 6 saturated carbocycles. The Balaban J connectivity index is -0.000000175. The van der Waals surface area contributed by atoms with Crippen molar-refractivity contribution in [2.45, 2.75) is 244 Å². The summed E-state index contributed by atoms with van der Waals surface area (Å²) in [6.07, 6.45) is 32.1. The van der Waals surface area contributed by atoms with Crippen LogP contribution in [0, 0.1) is 71.0 Å². The second-order valence-electron chi connectivity index (χ2n) is 20.2. The molecule has 0 aromatic heterocycles. The molecule has 0 saturated heterocycles. The second-order valence-corrected chi connectivity index (χ2v) is 20.2. The molecule has 54 heavy (non-hydrogen) atoms. The predicted octanol–water partition coefficient (Wildman–Crippen LogP) is 15.3. The van der Waals surface area contributed by atoms with E-state index in [0.717, 1.165) is 72.0 Å². The van der Waals surface area contributed by atoms with Gasteiger partial charge in [-0.25, -0.2) is 4.39 Å². The Morgan fingerprint density at radius 1 is 0.259 bits per heavy atom.